The molecule has 0 aliphatic heterocycles. The van der Waals surface area contributed by atoms with Crippen molar-refractivity contribution in [1.29, 1.82) is 0 Å². The van der Waals surface area contributed by atoms with Crippen molar-refractivity contribution >= 4 is 11.4 Å². The SMILES string of the molecule is CCCCOCCOc1ccc(N)cc1N. The molecular weight excluding hydrogens is 204 g/mol. The smallest absolute Gasteiger partial charge is 0.142 e. The molecule has 0 amide bonds. The summed E-state index contributed by atoms with van der Waals surface area (Å²) in [5, 5.41) is 0. The summed E-state index contributed by atoms with van der Waals surface area (Å²) >= 11 is 0. The number of hydrogen-bond acceptors (Lipinski definition) is 4. The molecule has 1 aromatic carbocycles. The Balaban J connectivity index is 2.21. The fourth-order valence-electron chi connectivity index (χ4n) is 1.26. The molecule has 0 aliphatic carbocycles. The molecule has 0 spiro atoms. The maximum absolute atomic E-state index is 5.74. The highest BCUT2D eigenvalue weighted by molar-refractivity contribution is 5.60. The summed E-state index contributed by atoms with van der Waals surface area (Å²) in [6.45, 7) is 4.02. The topological polar surface area (TPSA) is 70.5 Å². The lowest BCUT2D eigenvalue weighted by molar-refractivity contribution is 0.0983. The number of benzene rings is 1. The molecule has 0 aromatic heterocycles. The summed E-state index contributed by atoms with van der Waals surface area (Å²) in [5.74, 6) is 0.660. The van der Waals surface area contributed by atoms with Crippen molar-refractivity contribution in [3.63, 3.8) is 0 Å². The van der Waals surface area contributed by atoms with Gasteiger partial charge < -0.3 is 20.9 Å². The molecule has 1 rings (SSSR count). The second-order valence-electron chi connectivity index (χ2n) is 3.61. The van der Waals surface area contributed by atoms with E-state index in [1.807, 2.05) is 0 Å². The molecule has 4 N–H and O–H groups in total. The van der Waals surface area contributed by atoms with E-state index in [9.17, 15) is 0 Å². The number of unbranched alkanes of at least 4 members (excludes halogenated alkanes) is 1. The lowest BCUT2D eigenvalue weighted by Gasteiger charge is -2.09. The molecule has 0 heterocycles. The van der Waals surface area contributed by atoms with Crippen LogP contribution in [-0.4, -0.2) is 19.8 Å². The Hall–Kier alpha value is -1.42. The van der Waals surface area contributed by atoms with E-state index in [2.05, 4.69) is 6.92 Å². The minimum atomic E-state index is 0.512. The number of rotatable bonds is 7. The van der Waals surface area contributed by atoms with Gasteiger partial charge >= 0.3 is 0 Å². The van der Waals surface area contributed by atoms with Crippen molar-refractivity contribution in [2.75, 3.05) is 31.3 Å². The Labute approximate surface area is 96.5 Å². The van der Waals surface area contributed by atoms with E-state index in [0.717, 1.165) is 19.4 Å². The van der Waals surface area contributed by atoms with Gasteiger partial charge in [-0.1, -0.05) is 13.3 Å². The van der Waals surface area contributed by atoms with Crippen LogP contribution in [0.5, 0.6) is 5.75 Å². The van der Waals surface area contributed by atoms with E-state index in [0.29, 0.717) is 30.3 Å². The molecule has 0 saturated carbocycles. The highest BCUT2D eigenvalue weighted by Gasteiger charge is 2.00. The van der Waals surface area contributed by atoms with E-state index in [-0.39, 0.29) is 0 Å². The molecule has 0 atom stereocenters. The van der Waals surface area contributed by atoms with Crippen LogP contribution in [-0.2, 0) is 4.74 Å². The third kappa shape index (κ3) is 4.40. The maximum atomic E-state index is 5.74. The molecule has 0 radical (unpaired) electrons. The zero-order chi connectivity index (χ0) is 11.8. The Bertz CT molecular complexity index is 316. The number of anilines is 2. The first-order valence-electron chi connectivity index (χ1n) is 5.59. The van der Waals surface area contributed by atoms with E-state index in [1.165, 1.54) is 0 Å². The molecule has 0 aliphatic rings. The van der Waals surface area contributed by atoms with Crippen LogP contribution in [0.3, 0.4) is 0 Å². The van der Waals surface area contributed by atoms with Crippen LogP contribution in [0.2, 0.25) is 0 Å². The van der Waals surface area contributed by atoms with Crippen LogP contribution in [0.4, 0.5) is 11.4 Å². The fourth-order valence-corrected chi connectivity index (χ4v) is 1.26. The highest BCUT2D eigenvalue weighted by Crippen LogP contribution is 2.23. The van der Waals surface area contributed by atoms with Gasteiger partial charge in [-0.15, -0.1) is 0 Å². The van der Waals surface area contributed by atoms with Crippen molar-refractivity contribution < 1.29 is 9.47 Å². The van der Waals surface area contributed by atoms with Crippen molar-refractivity contribution in [3.8, 4) is 5.75 Å². The van der Waals surface area contributed by atoms with Gasteiger partial charge in [0.15, 0.2) is 0 Å². The molecule has 0 saturated heterocycles. The van der Waals surface area contributed by atoms with Crippen LogP contribution in [0.1, 0.15) is 19.8 Å². The molecule has 4 nitrogen and oxygen atoms in total. The van der Waals surface area contributed by atoms with Crippen molar-refractivity contribution in [2.24, 2.45) is 0 Å². The second kappa shape index (κ2) is 6.95. The predicted molar refractivity (Wildman–Crippen MR) is 66.5 cm³/mol. The quantitative estimate of drug-likeness (QED) is 0.549. The monoisotopic (exact) mass is 224 g/mol. The van der Waals surface area contributed by atoms with Gasteiger partial charge in [-0.05, 0) is 24.6 Å². The van der Waals surface area contributed by atoms with Crippen molar-refractivity contribution in [1.82, 2.24) is 0 Å². The lowest BCUT2D eigenvalue weighted by Crippen LogP contribution is -2.08. The summed E-state index contributed by atoms with van der Waals surface area (Å²) in [6, 6.07) is 5.23. The maximum Gasteiger partial charge on any atom is 0.142 e. The average molecular weight is 224 g/mol. The van der Waals surface area contributed by atoms with Gasteiger partial charge in [-0.2, -0.15) is 0 Å². The number of ether oxygens (including phenoxy) is 2. The normalized spacial score (nSPS) is 10.3. The summed E-state index contributed by atoms with van der Waals surface area (Å²) in [4.78, 5) is 0. The Morgan fingerprint density at radius 3 is 2.62 bits per heavy atom. The summed E-state index contributed by atoms with van der Waals surface area (Å²) < 4.78 is 10.8. The lowest BCUT2D eigenvalue weighted by atomic mass is 10.2. The minimum absolute atomic E-state index is 0.512. The summed E-state index contributed by atoms with van der Waals surface area (Å²) in [5.41, 5.74) is 12.5. The van der Waals surface area contributed by atoms with Gasteiger partial charge in [0, 0.05) is 12.3 Å². The van der Waals surface area contributed by atoms with Crippen molar-refractivity contribution in [3.05, 3.63) is 18.2 Å². The molecule has 0 fully saturated rings. The average Bonchev–Trinajstić information content (AvgIpc) is 2.26. The van der Waals surface area contributed by atoms with Crippen LogP contribution in [0.25, 0.3) is 0 Å². The van der Waals surface area contributed by atoms with Crippen LogP contribution in [0.15, 0.2) is 18.2 Å². The predicted octanol–water partition coefficient (Wildman–Crippen LogP) is 2.05. The number of hydrogen-bond donors (Lipinski definition) is 2. The molecule has 0 unspecified atom stereocenters. The third-order valence-electron chi connectivity index (χ3n) is 2.16. The van der Waals surface area contributed by atoms with Gasteiger partial charge in [0.05, 0.1) is 12.3 Å². The molecular formula is C12H20N2O2. The first-order chi connectivity index (χ1) is 7.74. The summed E-state index contributed by atoms with van der Waals surface area (Å²) in [6.07, 6.45) is 2.23. The molecule has 1 aromatic rings. The van der Waals surface area contributed by atoms with Gasteiger partial charge in [0.2, 0.25) is 0 Å². The number of nitrogens with two attached hydrogens (primary N) is 2. The zero-order valence-electron chi connectivity index (χ0n) is 9.74. The second-order valence-corrected chi connectivity index (χ2v) is 3.61. The Morgan fingerprint density at radius 2 is 1.94 bits per heavy atom. The molecule has 16 heavy (non-hydrogen) atoms. The minimum Gasteiger partial charge on any atom is -0.489 e. The standard InChI is InChI=1S/C12H20N2O2/c1-2-3-6-15-7-8-16-12-5-4-10(13)9-11(12)14/h4-5,9H,2-3,6-8,13-14H2,1H3. The van der Waals surface area contributed by atoms with Gasteiger partial charge in [0.1, 0.15) is 12.4 Å². The number of nitrogen functional groups attached to an aromatic ring is 2. The Morgan fingerprint density at radius 1 is 1.12 bits per heavy atom. The molecule has 4 heteroatoms. The van der Waals surface area contributed by atoms with Crippen LogP contribution < -0.4 is 16.2 Å². The molecule has 0 bridgehead atoms. The van der Waals surface area contributed by atoms with Gasteiger partial charge in [0.25, 0.3) is 0 Å². The van der Waals surface area contributed by atoms with E-state index >= 15 is 0 Å². The summed E-state index contributed by atoms with van der Waals surface area (Å²) in [7, 11) is 0. The van der Waals surface area contributed by atoms with Gasteiger partial charge in [-0.3, -0.25) is 0 Å². The van der Waals surface area contributed by atoms with E-state index in [4.69, 9.17) is 20.9 Å². The first kappa shape index (κ1) is 12.6. The van der Waals surface area contributed by atoms with Gasteiger partial charge in [-0.25, -0.2) is 0 Å². The van der Waals surface area contributed by atoms with E-state index in [1.54, 1.807) is 18.2 Å². The zero-order valence-corrected chi connectivity index (χ0v) is 9.74. The van der Waals surface area contributed by atoms with Crippen LogP contribution in [0, 0.1) is 0 Å². The highest BCUT2D eigenvalue weighted by atomic mass is 16.5. The van der Waals surface area contributed by atoms with E-state index < -0.39 is 0 Å². The third-order valence-corrected chi connectivity index (χ3v) is 2.16. The Kier molecular flexibility index (Phi) is 5.50. The largest absolute Gasteiger partial charge is 0.489 e. The van der Waals surface area contributed by atoms with Crippen molar-refractivity contribution in [2.45, 2.75) is 19.8 Å². The van der Waals surface area contributed by atoms with Crippen LogP contribution >= 0.6 is 0 Å². The fraction of sp³-hybridized carbons (Fsp3) is 0.500. The first-order valence-corrected chi connectivity index (χ1v) is 5.59. The molecule has 90 valence electrons.